The van der Waals surface area contributed by atoms with Gasteiger partial charge in [-0.05, 0) is 59.9 Å². The molecule has 1 saturated heterocycles. The van der Waals surface area contributed by atoms with Crippen LogP contribution in [0.5, 0.6) is 5.75 Å². The number of phenolic OH excluding ortho intramolecular Hbond substituents is 1. The van der Waals surface area contributed by atoms with E-state index in [1.54, 1.807) is 43.3 Å². The molecule has 2 fully saturated rings. The molecule has 4 atom stereocenters. The van der Waals surface area contributed by atoms with Gasteiger partial charge in [0.25, 0.3) is 0 Å². The lowest BCUT2D eigenvalue weighted by molar-refractivity contribution is -0.124. The number of hydrogen-bond acceptors (Lipinski definition) is 5. The first-order valence-corrected chi connectivity index (χ1v) is 14.1. The molecular formula is C32H27ClN4O5. The van der Waals surface area contributed by atoms with Crippen LogP contribution in [0.25, 0.3) is 0 Å². The molecule has 0 unspecified atom stereocenters. The monoisotopic (exact) mass is 582 g/mol. The highest BCUT2D eigenvalue weighted by atomic mass is 35.5. The number of halogens is 1. The third-order valence-electron chi connectivity index (χ3n) is 9.18. The lowest BCUT2D eigenvalue weighted by atomic mass is 9.53. The number of aryl methyl sites for hydroxylation is 1. The Morgan fingerprint density at radius 2 is 1.69 bits per heavy atom. The van der Waals surface area contributed by atoms with Crippen LogP contribution in [-0.2, 0) is 28.6 Å². The summed E-state index contributed by atoms with van der Waals surface area (Å²) in [5, 5.41) is 10.8. The molecule has 1 aliphatic carbocycles. The second kappa shape index (κ2) is 9.19. The number of amides is 2. The molecule has 2 aliphatic heterocycles. The second-order valence-corrected chi connectivity index (χ2v) is 11.7. The summed E-state index contributed by atoms with van der Waals surface area (Å²) in [6.45, 7) is 1.92. The van der Waals surface area contributed by atoms with Gasteiger partial charge in [0.05, 0.1) is 29.6 Å². The zero-order chi connectivity index (χ0) is 29.5. The number of imide groups is 1. The van der Waals surface area contributed by atoms with Crippen molar-refractivity contribution < 1.29 is 14.7 Å². The van der Waals surface area contributed by atoms with E-state index in [9.17, 15) is 19.5 Å². The third kappa shape index (κ3) is 3.37. The van der Waals surface area contributed by atoms with E-state index in [0.29, 0.717) is 21.8 Å². The highest BCUT2D eigenvalue weighted by molar-refractivity contribution is 6.32. The predicted molar refractivity (Wildman–Crippen MR) is 157 cm³/mol. The largest absolute Gasteiger partial charge is 0.508 e. The van der Waals surface area contributed by atoms with Crippen molar-refractivity contribution in [2.24, 2.45) is 13.0 Å². The number of hydrogen-bond donors (Lipinski definition) is 1. The van der Waals surface area contributed by atoms with Crippen LogP contribution in [0.3, 0.4) is 0 Å². The molecule has 0 spiro atoms. The van der Waals surface area contributed by atoms with Crippen molar-refractivity contribution in [1.29, 1.82) is 0 Å². The summed E-state index contributed by atoms with van der Waals surface area (Å²) in [6, 6.07) is 20.5. The van der Waals surface area contributed by atoms with Gasteiger partial charge >= 0.3 is 11.4 Å². The minimum absolute atomic E-state index is 0.108. The summed E-state index contributed by atoms with van der Waals surface area (Å²) < 4.78 is 3.89. The fourth-order valence-electron chi connectivity index (χ4n) is 7.35. The lowest BCUT2D eigenvalue weighted by Crippen LogP contribution is -2.53. The summed E-state index contributed by atoms with van der Waals surface area (Å²) in [5.41, 5.74) is 0.875. The van der Waals surface area contributed by atoms with Crippen LogP contribution in [0.15, 0.2) is 94.0 Å². The standard InChI is InChI=1S/C32H27ClN4O5/c1-18-15-19(11-12-26(18)38)27-23-13-14-35-30(41)34(2)31(42)37(35)25(23)17-24-28(39)36(22-10-6-9-21(33)16-22)29(40)32(24,27)20-7-4-3-5-8-20/h3-13,15-16,24-25,27,38H,14,17H2,1-2H3/t24-,25+,27-,32+/m0/s1. The summed E-state index contributed by atoms with van der Waals surface area (Å²) in [7, 11) is 1.44. The minimum atomic E-state index is -1.37. The van der Waals surface area contributed by atoms with E-state index in [0.717, 1.165) is 15.7 Å². The predicted octanol–water partition coefficient (Wildman–Crippen LogP) is 3.81. The van der Waals surface area contributed by atoms with Crippen molar-refractivity contribution in [2.75, 3.05) is 4.90 Å². The smallest absolute Gasteiger partial charge is 0.347 e. The van der Waals surface area contributed by atoms with Crippen LogP contribution in [-0.4, -0.2) is 30.9 Å². The van der Waals surface area contributed by atoms with Gasteiger partial charge in [0.15, 0.2) is 0 Å². The van der Waals surface area contributed by atoms with E-state index >= 15 is 4.79 Å². The number of fused-ring (bicyclic) bond motifs is 4. The Morgan fingerprint density at radius 3 is 2.40 bits per heavy atom. The Kier molecular flexibility index (Phi) is 5.75. The van der Waals surface area contributed by atoms with Crippen LogP contribution in [0.2, 0.25) is 5.02 Å². The van der Waals surface area contributed by atoms with Gasteiger partial charge in [-0.2, -0.15) is 0 Å². The number of aromatic nitrogens is 3. The number of aromatic hydroxyl groups is 1. The SMILES string of the molecule is Cc1cc([C@H]2C3=CCn4c(=O)n(C)c(=O)n4[C@@H]3C[C@H]3C(=O)N(c4cccc(Cl)c4)C(=O)[C@@]23c2ccccc2)ccc1O. The normalized spacial score (nSPS) is 24.7. The van der Waals surface area contributed by atoms with E-state index < -0.39 is 40.6 Å². The number of allylic oxidation sites excluding steroid dienone is 2. The number of rotatable bonds is 3. The molecule has 9 nitrogen and oxygen atoms in total. The van der Waals surface area contributed by atoms with Gasteiger partial charge in [-0.25, -0.2) is 28.4 Å². The molecule has 42 heavy (non-hydrogen) atoms. The molecule has 1 saturated carbocycles. The van der Waals surface area contributed by atoms with Crippen molar-refractivity contribution in [3.05, 3.63) is 127 Å². The highest BCUT2D eigenvalue weighted by Crippen LogP contribution is 2.62. The molecule has 0 radical (unpaired) electrons. The maximum absolute atomic E-state index is 15.0. The molecule has 3 heterocycles. The van der Waals surface area contributed by atoms with Crippen LogP contribution < -0.4 is 16.3 Å². The van der Waals surface area contributed by atoms with E-state index in [-0.39, 0.29) is 24.6 Å². The van der Waals surface area contributed by atoms with Gasteiger partial charge in [0, 0.05) is 18.0 Å². The fraction of sp³-hybridized carbons (Fsp3) is 0.250. The Morgan fingerprint density at radius 1 is 0.929 bits per heavy atom. The number of carbonyl (C=O) groups excluding carboxylic acids is 2. The van der Waals surface area contributed by atoms with E-state index in [4.69, 9.17) is 11.6 Å². The Labute approximate surface area is 245 Å². The Hall–Kier alpha value is -4.63. The summed E-state index contributed by atoms with van der Waals surface area (Å²) >= 11 is 6.32. The average Bonchev–Trinajstić information content (AvgIpc) is 3.35. The van der Waals surface area contributed by atoms with Crippen LogP contribution in [0.1, 0.15) is 35.1 Å². The average molecular weight is 583 g/mol. The van der Waals surface area contributed by atoms with Gasteiger partial charge in [-0.1, -0.05) is 66.2 Å². The Bertz CT molecular complexity index is 1960. The van der Waals surface area contributed by atoms with Gasteiger partial charge in [0.1, 0.15) is 5.75 Å². The fourth-order valence-corrected chi connectivity index (χ4v) is 7.53. The zero-order valence-corrected chi connectivity index (χ0v) is 23.7. The zero-order valence-electron chi connectivity index (χ0n) is 22.9. The van der Waals surface area contributed by atoms with E-state index in [2.05, 4.69) is 0 Å². The molecule has 1 N–H and O–H groups in total. The van der Waals surface area contributed by atoms with Crippen molar-refractivity contribution >= 4 is 29.1 Å². The van der Waals surface area contributed by atoms with E-state index in [1.807, 2.05) is 42.5 Å². The molecule has 3 aliphatic rings. The van der Waals surface area contributed by atoms with Gasteiger partial charge in [-0.15, -0.1) is 0 Å². The third-order valence-corrected chi connectivity index (χ3v) is 9.41. The van der Waals surface area contributed by atoms with Crippen molar-refractivity contribution in [1.82, 2.24) is 13.9 Å². The maximum atomic E-state index is 15.0. The first-order valence-electron chi connectivity index (χ1n) is 13.7. The minimum Gasteiger partial charge on any atom is -0.508 e. The quantitative estimate of drug-likeness (QED) is 0.292. The molecular weight excluding hydrogens is 556 g/mol. The molecule has 1 aromatic heterocycles. The Balaban J connectivity index is 1.56. The highest BCUT2D eigenvalue weighted by Gasteiger charge is 2.68. The maximum Gasteiger partial charge on any atom is 0.347 e. The molecule has 3 aromatic carbocycles. The number of phenols is 1. The summed E-state index contributed by atoms with van der Waals surface area (Å²) in [4.78, 5) is 57.1. The van der Waals surface area contributed by atoms with Crippen molar-refractivity contribution in [3.8, 4) is 5.75 Å². The molecule has 4 aromatic rings. The number of benzene rings is 3. The first-order chi connectivity index (χ1) is 20.2. The van der Waals surface area contributed by atoms with Crippen LogP contribution in [0.4, 0.5) is 5.69 Å². The first kappa shape index (κ1) is 26.3. The van der Waals surface area contributed by atoms with Crippen molar-refractivity contribution in [2.45, 2.75) is 37.3 Å². The second-order valence-electron chi connectivity index (χ2n) is 11.2. The van der Waals surface area contributed by atoms with Crippen LogP contribution in [0, 0.1) is 12.8 Å². The van der Waals surface area contributed by atoms with Crippen LogP contribution >= 0.6 is 11.6 Å². The van der Waals surface area contributed by atoms with Gasteiger partial charge in [-0.3, -0.25) is 9.59 Å². The molecule has 10 heteroatoms. The molecule has 0 bridgehead atoms. The number of anilines is 1. The van der Waals surface area contributed by atoms with Gasteiger partial charge in [0.2, 0.25) is 11.8 Å². The number of nitrogens with zero attached hydrogens (tertiary/aromatic N) is 4. The van der Waals surface area contributed by atoms with E-state index in [1.165, 1.54) is 21.3 Å². The topological polar surface area (TPSA) is 107 Å². The summed E-state index contributed by atoms with van der Waals surface area (Å²) in [6.07, 6.45) is 2.05. The molecule has 7 rings (SSSR count). The van der Waals surface area contributed by atoms with Crippen molar-refractivity contribution in [3.63, 3.8) is 0 Å². The molecule has 212 valence electrons. The number of carbonyl (C=O) groups is 2. The lowest BCUT2D eigenvalue weighted by Gasteiger charge is -2.49. The van der Waals surface area contributed by atoms with Gasteiger partial charge < -0.3 is 5.11 Å². The molecule has 2 amide bonds. The summed E-state index contributed by atoms with van der Waals surface area (Å²) in [5.74, 6) is -2.23.